The topological polar surface area (TPSA) is 0 Å². The zero-order valence-electron chi connectivity index (χ0n) is 16.4. The van der Waals surface area contributed by atoms with Crippen molar-refractivity contribution >= 4 is 18.5 Å². The van der Waals surface area contributed by atoms with Gasteiger partial charge in [0.15, 0.2) is 0 Å². The minimum absolute atomic E-state index is 0.00908. The molecule has 1 fully saturated rings. The summed E-state index contributed by atoms with van der Waals surface area (Å²) in [6.45, 7) is 1.80. The molecule has 0 aliphatic heterocycles. The van der Waals surface area contributed by atoms with Gasteiger partial charge in [-0.05, 0) is 73.6 Å². The molecule has 1 saturated carbocycles. The van der Waals surface area contributed by atoms with Gasteiger partial charge in [0.2, 0.25) is 0 Å². The van der Waals surface area contributed by atoms with Gasteiger partial charge in [-0.2, -0.15) is 26.3 Å². The van der Waals surface area contributed by atoms with E-state index >= 15 is 0 Å². The Labute approximate surface area is 176 Å². The summed E-state index contributed by atoms with van der Waals surface area (Å²) in [5, 5.41) is 0.265. The standard InChI is InChI=1S/C22H20F8P/c1-2-13-5-4-8-19(13)31(17-7-3-6-14(9-17)20(23)24)18-11-15(21(25,26)27)10-16(12-18)22(28,29)30/h2-3,6-7,9-13,19-20H,4-5,8H2,1H3/t13-,19?,31?/m0/s1. The van der Waals surface area contributed by atoms with Crippen LogP contribution in [-0.2, 0) is 12.4 Å². The third-order valence-electron chi connectivity index (χ3n) is 5.54. The quantitative estimate of drug-likeness (QED) is 0.316. The second kappa shape index (κ2) is 9.05. The average Bonchev–Trinajstić information content (AvgIpc) is 3.15. The van der Waals surface area contributed by atoms with E-state index in [4.69, 9.17) is 0 Å². The van der Waals surface area contributed by atoms with Gasteiger partial charge in [0.25, 0.3) is 6.43 Å². The lowest BCUT2D eigenvalue weighted by Crippen LogP contribution is -2.27. The molecule has 0 heterocycles. The Morgan fingerprint density at radius 2 is 1.48 bits per heavy atom. The van der Waals surface area contributed by atoms with Gasteiger partial charge in [-0.25, -0.2) is 8.78 Å². The van der Waals surface area contributed by atoms with E-state index in [-0.39, 0.29) is 28.5 Å². The average molecular weight is 467 g/mol. The van der Waals surface area contributed by atoms with E-state index in [1.165, 1.54) is 24.3 Å². The Morgan fingerprint density at radius 1 is 0.871 bits per heavy atom. The summed E-state index contributed by atoms with van der Waals surface area (Å²) < 4.78 is 107. The van der Waals surface area contributed by atoms with Crippen LogP contribution in [0.25, 0.3) is 0 Å². The highest BCUT2D eigenvalue weighted by atomic mass is 31.1. The summed E-state index contributed by atoms with van der Waals surface area (Å²) in [5.41, 5.74) is -3.30. The van der Waals surface area contributed by atoms with E-state index in [2.05, 4.69) is 0 Å². The molecule has 2 aromatic rings. The van der Waals surface area contributed by atoms with Crippen molar-refractivity contribution in [3.05, 3.63) is 65.6 Å². The van der Waals surface area contributed by atoms with E-state index < -0.39 is 37.8 Å². The molecule has 2 aromatic carbocycles. The highest BCUT2D eigenvalue weighted by molar-refractivity contribution is 7.73. The Hall–Kier alpha value is -1.69. The predicted octanol–water partition coefficient (Wildman–Crippen LogP) is 7.49. The lowest BCUT2D eigenvalue weighted by molar-refractivity contribution is -0.142. The first-order valence-electron chi connectivity index (χ1n) is 9.68. The molecule has 0 amide bonds. The first-order chi connectivity index (χ1) is 14.4. The molecule has 0 aromatic heterocycles. The molecule has 0 nitrogen and oxygen atoms in total. The third-order valence-corrected chi connectivity index (χ3v) is 8.50. The molecular weight excluding hydrogens is 447 g/mol. The molecule has 3 atom stereocenters. The van der Waals surface area contributed by atoms with Gasteiger partial charge in [-0.1, -0.05) is 31.5 Å². The summed E-state index contributed by atoms with van der Waals surface area (Å²) in [5.74, 6) is -0.00908. The minimum Gasteiger partial charge on any atom is -0.205 e. The Balaban J connectivity index is 2.23. The number of alkyl halides is 8. The second-order valence-corrected chi connectivity index (χ2v) is 9.96. The van der Waals surface area contributed by atoms with Crippen LogP contribution in [0.2, 0.25) is 0 Å². The molecule has 1 aliphatic carbocycles. The zero-order chi connectivity index (χ0) is 23.0. The maximum Gasteiger partial charge on any atom is 0.416 e. The smallest absolute Gasteiger partial charge is 0.205 e. The molecule has 0 N–H and O–H groups in total. The SMILES string of the molecule is C[CH][C@H]1CCCC1P(c1cccc(C(F)F)c1)c1cc(C(F)(F)F)cc(C(F)(F)F)c1. The molecule has 9 heteroatoms. The summed E-state index contributed by atoms with van der Waals surface area (Å²) in [6, 6.07) is 6.93. The molecule has 0 spiro atoms. The number of benzene rings is 2. The molecule has 31 heavy (non-hydrogen) atoms. The summed E-state index contributed by atoms with van der Waals surface area (Å²) >= 11 is 0. The molecule has 0 bridgehead atoms. The van der Waals surface area contributed by atoms with E-state index in [1.807, 2.05) is 6.42 Å². The van der Waals surface area contributed by atoms with Crippen LogP contribution in [-0.4, -0.2) is 5.66 Å². The van der Waals surface area contributed by atoms with Crippen molar-refractivity contribution in [2.75, 3.05) is 0 Å². The van der Waals surface area contributed by atoms with Crippen LogP contribution in [0.5, 0.6) is 0 Å². The van der Waals surface area contributed by atoms with Crippen molar-refractivity contribution < 1.29 is 35.1 Å². The first-order valence-corrected chi connectivity index (χ1v) is 11.1. The van der Waals surface area contributed by atoms with Crippen LogP contribution in [0.15, 0.2) is 42.5 Å². The largest absolute Gasteiger partial charge is 0.416 e. The Morgan fingerprint density at radius 3 is 2.00 bits per heavy atom. The summed E-state index contributed by atoms with van der Waals surface area (Å²) in [6.07, 6.45) is -8.67. The number of hydrogen-bond donors (Lipinski definition) is 0. The number of rotatable bonds is 5. The lowest BCUT2D eigenvalue weighted by atomic mass is 10.1. The van der Waals surface area contributed by atoms with Gasteiger partial charge in [-0.3, -0.25) is 0 Å². The normalized spacial score (nSPS) is 21.0. The highest BCUT2D eigenvalue weighted by Gasteiger charge is 2.40. The summed E-state index contributed by atoms with van der Waals surface area (Å²) in [4.78, 5) is 0. The summed E-state index contributed by atoms with van der Waals surface area (Å²) in [7, 11) is -1.73. The van der Waals surface area contributed by atoms with Crippen molar-refractivity contribution in [2.45, 2.75) is 50.6 Å². The van der Waals surface area contributed by atoms with E-state index in [1.54, 1.807) is 6.92 Å². The molecule has 1 aliphatic rings. The fourth-order valence-electron chi connectivity index (χ4n) is 4.10. The maximum absolute atomic E-state index is 13.4. The second-order valence-electron chi connectivity index (χ2n) is 7.53. The van der Waals surface area contributed by atoms with Crippen LogP contribution in [0.1, 0.15) is 49.3 Å². The van der Waals surface area contributed by atoms with Crippen LogP contribution in [0, 0.1) is 12.3 Å². The van der Waals surface area contributed by atoms with Crippen LogP contribution < -0.4 is 10.6 Å². The minimum atomic E-state index is -4.96. The van der Waals surface area contributed by atoms with Gasteiger partial charge in [-0.15, -0.1) is 0 Å². The molecule has 1 radical (unpaired) electrons. The maximum atomic E-state index is 13.4. The number of hydrogen-bond acceptors (Lipinski definition) is 0. The van der Waals surface area contributed by atoms with Gasteiger partial charge in [0.1, 0.15) is 0 Å². The third kappa shape index (κ3) is 5.39. The van der Waals surface area contributed by atoms with Crippen molar-refractivity contribution in [2.24, 2.45) is 5.92 Å². The van der Waals surface area contributed by atoms with Crippen LogP contribution in [0.4, 0.5) is 35.1 Å². The van der Waals surface area contributed by atoms with Gasteiger partial charge in [0, 0.05) is 5.56 Å². The van der Waals surface area contributed by atoms with Crippen LogP contribution >= 0.6 is 7.92 Å². The van der Waals surface area contributed by atoms with E-state index in [0.717, 1.165) is 25.0 Å². The van der Waals surface area contributed by atoms with Gasteiger partial charge < -0.3 is 0 Å². The van der Waals surface area contributed by atoms with Crippen molar-refractivity contribution in [3.8, 4) is 0 Å². The van der Waals surface area contributed by atoms with Crippen molar-refractivity contribution in [1.29, 1.82) is 0 Å². The monoisotopic (exact) mass is 467 g/mol. The van der Waals surface area contributed by atoms with Gasteiger partial charge >= 0.3 is 12.4 Å². The molecule has 0 saturated heterocycles. The predicted molar refractivity (Wildman–Crippen MR) is 105 cm³/mol. The Bertz CT molecular complexity index is 871. The molecule has 2 unspecified atom stereocenters. The van der Waals surface area contributed by atoms with E-state index in [0.29, 0.717) is 11.7 Å². The first kappa shape index (κ1) is 24.0. The highest BCUT2D eigenvalue weighted by Crippen LogP contribution is 2.52. The number of halogens is 8. The van der Waals surface area contributed by atoms with Gasteiger partial charge in [0.05, 0.1) is 11.1 Å². The van der Waals surface area contributed by atoms with Crippen LogP contribution in [0.3, 0.4) is 0 Å². The van der Waals surface area contributed by atoms with Crippen molar-refractivity contribution in [1.82, 2.24) is 0 Å². The fourth-order valence-corrected chi connectivity index (χ4v) is 7.40. The fraction of sp³-hybridized carbons (Fsp3) is 0.409. The molecule has 169 valence electrons. The molecular formula is C22H20F8P. The Kier molecular flexibility index (Phi) is 6.99. The van der Waals surface area contributed by atoms with E-state index in [9.17, 15) is 35.1 Å². The van der Waals surface area contributed by atoms with Crippen molar-refractivity contribution in [3.63, 3.8) is 0 Å². The molecule has 3 rings (SSSR count). The zero-order valence-corrected chi connectivity index (χ0v) is 17.3. The lowest BCUT2D eigenvalue weighted by Gasteiger charge is -2.31.